The monoisotopic (exact) mass is 490 g/mol. The van der Waals surface area contributed by atoms with Crippen molar-refractivity contribution in [2.45, 2.75) is 0 Å². The third-order valence-corrected chi connectivity index (χ3v) is 13.5. The van der Waals surface area contributed by atoms with E-state index in [1.165, 1.54) is 36.5 Å². The Kier molecular flexibility index (Phi) is 8.90. The molecule has 0 saturated heterocycles. The molecule has 0 spiro atoms. The van der Waals surface area contributed by atoms with Gasteiger partial charge in [0.15, 0.2) is 0 Å². The second kappa shape index (κ2) is 10.7. The van der Waals surface area contributed by atoms with Crippen LogP contribution >= 0.6 is 94.1 Å². The predicted octanol–water partition coefficient (Wildman–Crippen LogP) is 8.95. The van der Waals surface area contributed by atoms with Crippen LogP contribution in [0.3, 0.4) is 0 Å². The lowest BCUT2D eigenvalue weighted by molar-refractivity contribution is 1.62. The Morgan fingerprint density at radius 2 is 0.808 bits per heavy atom. The van der Waals surface area contributed by atoms with E-state index in [1.807, 2.05) is 94.1 Å². The number of benzene rings is 1. The molecule has 0 unspecified atom stereocenters. The summed E-state index contributed by atoms with van der Waals surface area (Å²) >= 11 is 14.9. The van der Waals surface area contributed by atoms with Crippen molar-refractivity contribution < 1.29 is 0 Å². The summed E-state index contributed by atoms with van der Waals surface area (Å²) in [5, 5.41) is 0. The van der Waals surface area contributed by atoms with Gasteiger partial charge >= 0.3 is 0 Å². The second-order valence-electron chi connectivity index (χ2n) is 4.97. The van der Waals surface area contributed by atoms with Gasteiger partial charge < -0.3 is 0 Å². The Bertz CT molecular complexity index is 683. The average molecular weight is 491 g/mol. The van der Waals surface area contributed by atoms with E-state index in [0.717, 1.165) is 0 Å². The average Bonchev–Trinajstić information content (AvgIpc) is 3.26. The molecule has 0 atom stereocenters. The smallest absolute Gasteiger partial charge is 0.0657 e. The minimum Gasteiger partial charge on any atom is -0.121 e. The van der Waals surface area contributed by atoms with Gasteiger partial charge in [0, 0.05) is 0 Å². The van der Waals surface area contributed by atoms with Gasteiger partial charge in [0.05, 0.1) is 25.4 Å². The molecule has 8 heteroatoms. The number of thioether (sulfide) groups is 8. The van der Waals surface area contributed by atoms with E-state index in [-0.39, 0.29) is 0 Å². The first kappa shape index (κ1) is 21.7. The van der Waals surface area contributed by atoms with Crippen LogP contribution in [0, 0.1) is 0 Å². The number of hydrogen-bond donors (Lipinski definition) is 0. The van der Waals surface area contributed by atoms with Crippen molar-refractivity contribution in [1.29, 1.82) is 0 Å². The van der Waals surface area contributed by atoms with Crippen molar-refractivity contribution in [2.24, 2.45) is 0 Å². The van der Waals surface area contributed by atoms with E-state index in [0.29, 0.717) is 0 Å². The predicted molar refractivity (Wildman–Crippen MR) is 141 cm³/mol. The third kappa shape index (κ3) is 5.53. The molecule has 0 aliphatic carbocycles. The van der Waals surface area contributed by atoms with E-state index in [4.69, 9.17) is 0 Å². The van der Waals surface area contributed by atoms with Gasteiger partial charge in [0.1, 0.15) is 0 Å². The highest BCUT2D eigenvalue weighted by atomic mass is 32.3. The fourth-order valence-electron chi connectivity index (χ4n) is 2.15. The molecule has 0 aromatic heterocycles. The maximum atomic E-state index is 2.30. The van der Waals surface area contributed by atoms with Crippen LogP contribution in [0.1, 0.15) is 11.1 Å². The molecular formula is C18H18S8. The van der Waals surface area contributed by atoms with Crippen LogP contribution in [0.2, 0.25) is 0 Å². The van der Waals surface area contributed by atoms with Crippen LogP contribution in [0.15, 0.2) is 49.7 Å². The lowest BCUT2D eigenvalue weighted by Crippen LogP contribution is -1.76. The fraction of sp³-hybridized carbons (Fsp3) is 0.222. The molecule has 0 fully saturated rings. The van der Waals surface area contributed by atoms with Crippen molar-refractivity contribution in [3.63, 3.8) is 0 Å². The summed E-state index contributed by atoms with van der Waals surface area (Å²) < 4.78 is 8.42. The maximum absolute atomic E-state index is 2.30. The lowest BCUT2D eigenvalue weighted by atomic mass is 10.1. The summed E-state index contributed by atoms with van der Waals surface area (Å²) in [5.41, 5.74) is 2.54. The van der Waals surface area contributed by atoms with Crippen LogP contribution in [0.5, 0.6) is 0 Å². The van der Waals surface area contributed by atoms with Gasteiger partial charge in [-0.15, -0.1) is 47.0 Å². The Morgan fingerprint density at radius 3 is 1.04 bits per heavy atom. The van der Waals surface area contributed by atoms with Gasteiger partial charge in [0.25, 0.3) is 0 Å². The van der Waals surface area contributed by atoms with Crippen LogP contribution in [-0.2, 0) is 0 Å². The minimum absolute atomic E-state index is 1.27. The third-order valence-electron chi connectivity index (χ3n) is 3.35. The van der Waals surface area contributed by atoms with Gasteiger partial charge in [-0.2, -0.15) is 0 Å². The summed E-state index contributed by atoms with van der Waals surface area (Å²) in [4.78, 5) is 0. The molecule has 0 amide bonds. The molecule has 0 saturated carbocycles. The maximum Gasteiger partial charge on any atom is 0.0657 e. The summed E-state index contributed by atoms with van der Waals surface area (Å²) in [6.07, 6.45) is 13.2. The second-order valence-corrected chi connectivity index (χ2v) is 14.0. The van der Waals surface area contributed by atoms with Crippen molar-refractivity contribution in [1.82, 2.24) is 0 Å². The van der Waals surface area contributed by atoms with Crippen molar-refractivity contribution >= 4 is 106 Å². The highest BCUT2D eigenvalue weighted by molar-refractivity contribution is 8.41. The topological polar surface area (TPSA) is 0 Å². The van der Waals surface area contributed by atoms with E-state index < -0.39 is 0 Å². The lowest BCUT2D eigenvalue weighted by Gasteiger charge is -2.01. The highest BCUT2D eigenvalue weighted by Crippen LogP contribution is 2.57. The summed E-state index contributed by atoms with van der Waals surface area (Å²) in [6, 6.07) is 8.89. The zero-order valence-electron chi connectivity index (χ0n) is 14.7. The molecule has 138 valence electrons. The van der Waals surface area contributed by atoms with Crippen LogP contribution in [0.25, 0.3) is 12.2 Å². The molecule has 2 heterocycles. The molecule has 2 aliphatic heterocycles. The van der Waals surface area contributed by atoms with Crippen molar-refractivity contribution in [3.05, 3.63) is 60.8 Å². The number of rotatable bonds is 6. The van der Waals surface area contributed by atoms with E-state index in [9.17, 15) is 0 Å². The molecule has 0 N–H and O–H groups in total. The normalized spacial score (nSPS) is 17.5. The van der Waals surface area contributed by atoms with Crippen molar-refractivity contribution in [2.75, 3.05) is 25.0 Å². The summed E-state index contributed by atoms with van der Waals surface area (Å²) in [5.74, 6) is 0. The molecule has 3 rings (SSSR count). The zero-order valence-corrected chi connectivity index (χ0v) is 21.3. The largest absolute Gasteiger partial charge is 0.121 e. The first-order chi connectivity index (χ1) is 12.7. The van der Waals surface area contributed by atoms with E-state index >= 15 is 0 Å². The van der Waals surface area contributed by atoms with E-state index in [1.54, 1.807) is 0 Å². The summed E-state index contributed by atoms with van der Waals surface area (Å²) in [6.45, 7) is 0. The Labute approximate surface area is 190 Å². The van der Waals surface area contributed by atoms with Gasteiger partial charge in [0.2, 0.25) is 0 Å². The first-order valence-corrected chi connectivity index (χ1v) is 15.7. The van der Waals surface area contributed by atoms with Gasteiger partial charge in [-0.3, -0.25) is 0 Å². The van der Waals surface area contributed by atoms with Gasteiger partial charge in [-0.1, -0.05) is 71.3 Å². The molecule has 1 aromatic rings. The van der Waals surface area contributed by atoms with E-state index in [2.05, 4.69) is 61.4 Å². The Hall–Kier alpha value is 0.980. The van der Waals surface area contributed by atoms with Gasteiger partial charge in [-0.25, -0.2) is 0 Å². The molecule has 2 aliphatic rings. The fourth-order valence-corrected chi connectivity index (χ4v) is 12.0. The molecule has 0 nitrogen and oxygen atoms in total. The molecule has 1 aromatic carbocycles. The van der Waals surface area contributed by atoms with Gasteiger partial charge in [-0.05, 0) is 48.3 Å². The molecule has 26 heavy (non-hydrogen) atoms. The van der Waals surface area contributed by atoms with Crippen LogP contribution in [0.4, 0.5) is 0 Å². The molecular weight excluding hydrogens is 473 g/mol. The van der Waals surface area contributed by atoms with Crippen LogP contribution in [-0.4, -0.2) is 25.0 Å². The quantitative estimate of drug-likeness (QED) is 0.382. The minimum atomic E-state index is 1.27. The Morgan fingerprint density at radius 1 is 0.538 bits per heavy atom. The standard InChI is InChI=1S/C18H18S8/c1-19-15-16(20-2)24-13(23-15)9-11-5-7-12(8-6-11)10-14-25-17(21-3)18(22-4)26-14/h5-10H,1-4H3. The van der Waals surface area contributed by atoms with Crippen molar-refractivity contribution in [3.8, 4) is 0 Å². The first-order valence-electron chi connectivity index (χ1n) is 7.56. The highest BCUT2D eigenvalue weighted by Gasteiger charge is 2.20. The molecule has 0 radical (unpaired) electrons. The summed E-state index contributed by atoms with van der Waals surface area (Å²) in [7, 11) is 0. The number of hydrogen-bond acceptors (Lipinski definition) is 8. The Balaban J connectivity index is 1.67. The van der Waals surface area contributed by atoms with Crippen LogP contribution < -0.4 is 0 Å². The zero-order chi connectivity index (χ0) is 18.5. The SMILES string of the molecule is CSC1=C(SC)SC(=Cc2ccc(C=C3SC(SC)=C(SC)S3)cc2)S1. The molecule has 0 bridgehead atoms.